The molecule has 0 aliphatic rings. The number of hydrogen-bond acceptors (Lipinski definition) is 9. The van der Waals surface area contributed by atoms with Crippen LogP contribution in [0.15, 0.2) is 0 Å². The van der Waals surface area contributed by atoms with Gasteiger partial charge in [0.15, 0.2) is 13.2 Å². The standard InChI is InChI=1S/C6H5F9O9S3/c7-4(8,9)1-22-25(16,17)3(27(20,21)24-6(13,14)15)26(18,19)23-2-5(10,11)12/h3H,1-2H2. The fourth-order valence-corrected chi connectivity index (χ4v) is 6.54. The van der Waals surface area contributed by atoms with Crippen LogP contribution in [-0.4, -0.2) is 61.1 Å². The summed E-state index contributed by atoms with van der Waals surface area (Å²) in [6.07, 6.45) is -17.4. The van der Waals surface area contributed by atoms with E-state index in [4.69, 9.17) is 0 Å². The minimum absolute atomic E-state index is 2.22. The van der Waals surface area contributed by atoms with Gasteiger partial charge in [0.2, 0.25) is 0 Å². The molecule has 0 N–H and O–H groups in total. The van der Waals surface area contributed by atoms with Gasteiger partial charge < -0.3 is 0 Å². The predicted molar refractivity (Wildman–Crippen MR) is 61.7 cm³/mol. The maximum atomic E-state index is 12.0. The number of rotatable bonds is 8. The summed E-state index contributed by atoms with van der Waals surface area (Å²) in [5, 5.41) is 0. The van der Waals surface area contributed by atoms with E-state index in [1.807, 2.05) is 0 Å². The van der Waals surface area contributed by atoms with Crippen molar-refractivity contribution in [3.63, 3.8) is 0 Å². The Morgan fingerprint density at radius 2 is 0.889 bits per heavy atom. The lowest BCUT2D eigenvalue weighted by Crippen LogP contribution is -2.44. The van der Waals surface area contributed by atoms with Gasteiger partial charge in [0.05, 0.1) is 0 Å². The molecule has 0 fully saturated rings. The minimum Gasteiger partial charge on any atom is -0.259 e. The molecule has 0 atom stereocenters. The van der Waals surface area contributed by atoms with E-state index in [0.29, 0.717) is 0 Å². The largest absolute Gasteiger partial charge is 0.537 e. The van der Waals surface area contributed by atoms with Crippen molar-refractivity contribution in [1.29, 1.82) is 0 Å². The molecular formula is C6H5F9O9S3. The molecule has 27 heavy (non-hydrogen) atoms. The van der Waals surface area contributed by atoms with Gasteiger partial charge in [-0.15, -0.1) is 13.2 Å². The lowest BCUT2D eigenvalue weighted by Gasteiger charge is -2.19. The van der Waals surface area contributed by atoms with Crippen LogP contribution >= 0.6 is 0 Å². The van der Waals surface area contributed by atoms with E-state index in [1.54, 1.807) is 0 Å². The van der Waals surface area contributed by atoms with Crippen LogP contribution in [0, 0.1) is 0 Å². The van der Waals surface area contributed by atoms with Crippen LogP contribution in [0.3, 0.4) is 0 Å². The molecule has 21 heteroatoms. The molecule has 0 aromatic rings. The summed E-state index contributed by atoms with van der Waals surface area (Å²) in [6.45, 7) is -5.86. The summed E-state index contributed by atoms with van der Waals surface area (Å²) in [6, 6.07) is 0. The number of alkyl halides is 9. The second-order valence-corrected chi connectivity index (χ2v) is 9.96. The zero-order chi connectivity index (χ0) is 22.1. The monoisotopic (exact) mass is 488 g/mol. The molecule has 0 aromatic carbocycles. The molecule has 0 aliphatic carbocycles. The SMILES string of the molecule is O=S(=O)(OCC(F)(F)F)C(S(=O)(=O)OCC(F)(F)F)S(=O)(=O)OC(F)(F)F. The average molecular weight is 488 g/mol. The summed E-state index contributed by atoms with van der Waals surface area (Å²) >= 11 is 0. The molecule has 9 nitrogen and oxygen atoms in total. The Balaban J connectivity index is 6.20. The number of hydrogen-bond donors (Lipinski definition) is 0. The van der Waals surface area contributed by atoms with E-state index >= 15 is 0 Å². The summed E-state index contributed by atoms with van der Waals surface area (Å²) in [5.74, 6) is 0. The molecule has 0 aliphatic heterocycles. The second-order valence-electron chi connectivity index (χ2n) is 4.05. The molecule has 0 saturated carbocycles. The third-order valence-electron chi connectivity index (χ3n) is 1.69. The highest BCUT2D eigenvalue weighted by atomic mass is 32.3. The first kappa shape index (κ1) is 26.1. The zero-order valence-corrected chi connectivity index (χ0v) is 14.2. The predicted octanol–water partition coefficient (Wildman–Crippen LogP) is 0.954. The van der Waals surface area contributed by atoms with Gasteiger partial charge in [-0.1, -0.05) is 0 Å². The fourth-order valence-electron chi connectivity index (χ4n) is 1.01. The van der Waals surface area contributed by atoms with E-state index < -0.39 is 66.2 Å². The molecule has 0 aromatic heterocycles. The van der Waals surface area contributed by atoms with Gasteiger partial charge >= 0.3 is 53.0 Å². The van der Waals surface area contributed by atoms with Gasteiger partial charge in [0, 0.05) is 0 Å². The molecule has 0 saturated heterocycles. The normalized spacial score (nSPS) is 15.3. The molecule has 164 valence electrons. The lowest BCUT2D eigenvalue weighted by molar-refractivity contribution is -0.271. The molecule has 0 heterocycles. The topological polar surface area (TPSA) is 130 Å². The van der Waals surface area contributed by atoms with Crippen molar-refractivity contribution >= 4 is 30.4 Å². The van der Waals surface area contributed by atoms with E-state index in [2.05, 4.69) is 12.5 Å². The Labute approximate surface area is 144 Å². The van der Waals surface area contributed by atoms with E-state index in [1.165, 1.54) is 0 Å². The Hall–Kier alpha value is -0.900. The van der Waals surface area contributed by atoms with Gasteiger partial charge in [0.25, 0.3) is 0 Å². The quantitative estimate of drug-likeness (QED) is 0.362. The molecule has 0 bridgehead atoms. The van der Waals surface area contributed by atoms with Gasteiger partial charge in [-0.3, -0.25) is 8.37 Å². The molecule has 0 radical (unpaired) electrons. The first-order valence-corrected chi connectivity index (χ1v) is 9.81. The third-order valence-corrected chi connectivity index (χ3v) is 8.66. The van der Waals surface area contributed by atoms with Gasteiger partial charge in [-0.25, -0.2) is 0 Å². The van der Waals surface area contributed by atoms with Crippen molar-refractivity contribution in [2.75, 3.05) is 13.2 Å². The Bertz CT molecular complexity index is 770. The highest BCUT2D eigenvalue weighted by Crippen LogP contribution is 2.30. The van der Waals surface area contributed by atoms with E-state index in [-0.39, 0.29) is 0 Å². The highest BCUT2D eigenvalue weighted by molar-refractivity contribution is 8.20. The second kappa shape index (κ2) is 7.85. The van der Waals surface area contributed by atoms with Gasteiger partial charge in [-0.2, -0.15) is 55.8 Å². The molecule has 0 amide bonds. The van der Waals surface area contributed by atoms with Crippen molar-refractivity contribution in [1.82, 2.24) is 0 Å². The molecule has 0 spiro atoms. The van der Waals surface area contributed by atoms with Crippen molar-refractivity contribution < 1.29 is 77.3 Å². The first-order valence-electron chi connectivity index (χ1n) is 5.40. The smallest absolute Gasteiger partial charge is 0.259 e. The fraction of sp³-hybridized carbons (Fsp3) is 1.00. The molecule has 0 rings (SSSR count). The Morgan fingerprint density at radius 3 is 1.11 bits per heavy atom. The van der Waals surface area contributed by atoms with Crippen LogP contribution in [0.25, 0.3) is 0 Å². The molecule has 0 unspecified atom stereocenters. The first-order chi connectivity index (χ1) is 11.5. The average Bonchev–Trinajstić information content (AvgIpc) is 2.28. The van der Waals surface area contributed by atoms with Crippen LogP contribution in [-0.2, 0) is 42.9 Å². The minimum atomic E-state index is -7.02. The van der Waals surface area contributed by atoms with Crippen molar-refractivity contribution in [3.05, 3.63) is 0 Å². The maximum absolute atomic E-state index is 12.0. The van der Waals surface area contributed by atoms with Crippen molar-refractivity contribution in [2.24, 2.45) is 0 Å². The van der Waals surface area contributed by atoms with Crippen LogP contribution in [0.4, 0.5) is 39.5 Å². The summed E-state index contributed by atoms with van der Waals surface area (Å²) < 4.78 is 179. The van der Waals surface area contributed by atoms with Crippen LogP contribution in [0.1, 0.15) is 0 Å². The number of halogens is 9. The van der Waals surface area contributed by atoms with Crippen molar-refractivity contribution in [3.8, 4) is 0 Å². The summed E-state index contributed by atoms with van der Waals surface area (Å²) in [5.41, 5.74) is 0. The van der Waals surface area contributed by atoms with Crippen LogP contribution < -0.4 is 0 Å². The zero-order valence-electron chi connectivity index (χ0n) is 11.8. The van der Waals surface area contributed by atoms with Crippen molar-refractivity contribution in [2.45, 2.75) is 22.6 Å². The molecular weight excluding hydrogens is 483 g/mol. The van der Waals surface area contributed by atoms with Gasteiger partial charge in [-0.05, 0) is 0 Å². The van der Waals surface area contributed by atoms with Crippen LogP contribution in [0.5, 0.6) is 0 Å². The lowest BCUT2D eigenvalue weighted by atomic mass is 10.7. The highest BCUT2D eigenvalue weighted by Gasteiger charge is 2.57. The Kier molecular flexibility index (Phi) is 7.59. The Morgan fingerprint density at radius 1 is 0.593 bits per heavy atom. The van der Waals surface area contributed by atoms with E-state index in [0.717, 1.165) is 0 Å². The van der Waals surface area contributed by atoms with Crippen LogP contribution in [0.2, 0.25) is 0 Å². The summed E-state index contributed by atoms with van der Waals surface area (Å²) in [7, 11) is -20.5. The maximum Gasteiger partial charge on any atom is 0.537 e. The summed E-state index contributed by atoms with van der Waals surface area (Å²) in [4.78, 5) is 0. The van der Waals surface area contributed by atoms with Gasteiger partial charge in [0.1, 0.15) is 0 Å². The van der Waals surface area contributed by atoms with E-state index in [9.17, 15) is 64.8 Å². The third kappa shape index (κ3) is 9.73.